The van der Waals surface area contributed by atoms with E-state index in [-0.39, 0.29) is 11.3 Å². The smallest absolute Gasteiger partial charge is 0.319 e. The van der Waals surface area contributed by atoms with E-state index in [0.717, 1.165) is 6.07 Å². The normalized spacial score (nSPS) is 11.5. The fraction of sp³-hybridized carbons (Fsp3) is 0.267. The molecule has 1 heterocycles. The third-order valence-corrected chi connectivity index (χ3v) is 3.80. The molecule has 1 aromatic carbocycles. The Balaban J connectivity index is 2.28. The van der Waals surface area contributed by atoms with Crippen molar-refractivity contribution in [2.45, 2.75) is 20.0 Å². The number of Topliss-reactive ketones (excluding diaryl/α,β-unsaturated/α-hetero) is 1. The Kier molecular flexibility index (Phi) is 4.70. The summed E-state index contributed by atoms with van der Waals surface area (Å²) in [6, 6.07) is 2.87. The van der Waals surface area contributed by atoms with E-state index in [2.05, 4.69) is 10.4 Å². The van der Waals surface area contributed by atoms with E-state index in [1.54, 1.807) is 20.9 Å². The van der Waals surface area contributed by atoms with Crippen molar-refractivity contribution < 1.29 is 22.8 Å². The average Bonchev–Trinajstić information content (AvgIpc) is 2.72. The first-order valence-corrected chi connectivity index (χ1v) is 7.12. The monoisotopic (exact) mass is 359 g/mol. The Morgan fingerprint density at radius 1 is 1.25 bits per heavy atom. The van der Waals surface area contributed by atoms with Crippen molar-refractivity contribution in [3.05, 3.63) is 45.7 Å². The summed E-state index contributed by atoms with van der Waals surface area (Å²) < 4.78 is 39.9. The lowest BCUT2D eigenvalue weighted by atomic mass is 10.1. The summed E-state index contributed by atoms with van der Waals surface area (Å²) in [6.07, 6.45) is -4.67. The van der Waals surface area contributed by atoms with Crippen molar-refractivity contribution in [1.82, 2.24) is 9.78 Å². The lowest BCUT2D eigenvalue weighted by Crippen LogP contribution is -2.24. The van der Waals surface area contributed by atoms with E-state index >= 15 is 0 Å². The number of halogens is 4. The van der Waals surface area contributed by atoms with Crippen LogP contribution in [0, 0.1) is 13.8 Å². The van der Waals surface area contributed by atoms with Gasteiger partial charge in [0.15, 0.2) is 0 Å². The first-order chi connectivity index (χ1) is 11.0. The molecule has 1 aromatic heterocycles. The van der Waals surface area contributed by atoms with E-state index in [9.17, 15) is 22.8 Å². The van der Waals surface area contributed by atoms with Gasteiger partial charge in [-0.1, -0.05) is 11.6 Å². The van der Waals surface area contributed by atoms with Crippen LogP contribution in [-0.2, 0) is 18.0 Å². The Morgan fingerprint density at radius 3 is 2.38 bits per heavy atom. The third-order valence-electron chi connectivity index (χ3n) is 3.47. The van der Waals surface area contributed by atoms with Gasteiger partial charge in [-0.25, -0.2) is 0 Å². The van der Waals surface area contributed by atoms with E-state index in [0.29, 0.717) is 17.5 Å². The van der Waals surface area contributed by atoms with Crippen molar-refractivity contribution >= 4 is 29.0 Å². The summed E-state index contributed by atoms with van der Waals surface area (Å²) in [5, 5.41) is 5.69. The molecule has 0 atom stereocenters. The van der Waals surface area contributed by atoms with E-state index < -0.39 is 28.5 Å². The van der Waals surface area contributed by atoms with Crippen molar-refractivity contribution in [3.63, 3.8) is 0 Å². The number of hydrogen-bond donors (Lipinski definition) is 1. The number of rotatable bonds is 3. The van der Waals surface area contributed by atoms with Gasteiger partial charge in [0.25, 0.3) is 11.7 Å². The zero-order valence-electron chi connectivity index (χ0n) is 13.0. The summed E-state index contributed by atoms with van der Waals surface area (Å²) in [4.78, 5) is 24.3. The van der Waals surface area contributed by atoms with Crippen LogP contribution < -0.4 is 5.32 Å². The first kappa shape index (κ1) is 18.0. The molecule has 1 amide bonds. The molecule has 0 aliphatic rings. The maximum atomic E-state index is 12.8. The van der Waals surface area contributed by atoms with Crippen LogP contribution in [0.1, 0.15) is 27.3 Å². The van der Waals surface area contributed by atoms with Gasteiger partial charge in [0, 0.05) is 18.4 Å². The molecule has 0 fully saturated rings. The molecule has 0 aliphatic heterocycles. The predicted molar refractivity (Wildman–Crippen MR) is 82.1 cm³/mol. The second-order valence-electron chi connectivity index (χ2n) is 5.15. The molecule has 0 spiro atoms. The van der Waals surface area contributed by atoms with Crippen molar-refractivity contribution in [2.24, 2.45) is 7.05 Å². The molecular formula is C15H13ClF3N3O2. The minimum atomic E-state index is -4.67. The molecule has 5 nitrogen and oxygen atoms in total. The first-order valence-electron chi connectivity index (χ1n) is 6.75. The van der Waals surface area contributed by atoms with E-state index in [1.165, 1.54) is 10.7 Å². The maximum Gasteiger partial charge on any atom is 0.417 e. The lowest BCUT2D eigenvalue weighted by Gasteiger charge is -2.11. The maximum absolute atomic E-state index is 12.8. The van der Waals surface area contributed by atoms with Crippen LogP contribution in [0.15, 0.2) is 18.2 Å². The molecule has 9 heteroatoms. The minimum absolute atomic E-state index is 0.125. The zero-order chi connectivity index (χ0) is 18.2. The van der Waals surface area contributed by atoms with Gasteiger partial charge in [0.1, 0.15) is 0 Å². The average molecular weight is 360 g/mol. The standard InChI is InChI=1S/C15H13ClF3N3O2/c1-7-12(8(2)22(3)21-7)13(23)14(24)20-9-4-5-11(16)10(6-9)15(17,18)19/h4-6H,1-3H3,(H,20,24). The number of ketones is 1. The number of aromatic nitrogens is 2. The summed E-state index contributed by atoms with van der Waals surface area (Å²) in [5.41, 5.74) is -0.297. The molecule has 0 aliphatic carbocycles. The highest BCUT2D eigenvalue weighted by atomic mass is 35.5. The molecule has 1 N–H and O–H groups in total. The topological polar surface area (TPSA) is 64.0 Å². The number of carbonyl (C=O) groups is 2. The predicted octanol–water partition coefficient (Wildman–Crippen LogP) is 3.53. The van der Waals surface area contributed by atoms with Gasteiger partial charge in [-0.3, -0.25) is 14.3 Å². The van der Waals surface area contributed by atoms with Crippen LogP contribution in [0.4, 0.5) is 18.9 Å². The third kappa shape index (κ3) is 3.43. The van der Waals surface area contributed by atoms with Gasteiger partial charge in [-0.15, -0.1) is 0 Å². The quantitative estimate of drug-likeness (QED) is 0.673. The molecule has 2 aromatic rings. The van der Waals surface area contributed by atoms with Crippen molar-refractivity contribution in [3.8, 4) is 0 Å². The number of amides is 1. The van der Waals surface area contributed by atoms with Crippen molar-refractivity contribution in [2.75, 3.05) is 5.32 Å². The van der Waals surface area contributed by atoms with E-state index in [1.807, 2.05) is 0 Å². The summed E-state index contributed by atoms with van der Waals surface area (Å²) >= 11 is 5.51. The number of carbonyl (C=O) groups excluding carboxylic acids is 2. The molecular weight excluding hydrogens is 347 g/mol. The van der Waals surface area contributed by atoms with Gasteiger partial charge in [0.05, 0.1) is 21.8 Å². The fourth-order valence-corrected chi connectivity index (χ4v) is 2.45. The Morgan fingerprint density at radius 2 is 1.88 bits per heavy atom. The number of anilines is 1. The molecule has 0 bridgehead atoms. The molecule has 2 rings (SSSR count). The SMILES string of the molecule is Cc1nn(C)c(C)c1C(=O)C(=O)Nc1ccc(Cl)c(C(F)(F)F)c1. The second kappa shape index (κ2) is 6.27. The second-order valence-corrected chi connectivity index (χ2v) is 5.55. The van der Waals surface area contributed by atoms with Crippen LogP contribution in [-0.4, -0.2) is 21.5 Å². The fourth-order valence-electron chi connectivity index (χ4n) is 2.22. The number of benzene rings is 1. The Labute approximate surface area is 140 Å². The zero-order valence-corrected chi connectivity index (χ0v) is 13.7. The van der Waals surface area contributed by atoms with Crippen molar-refractivity contribution in [1.29, 1.82) is 0 Å². The highest BCUT2D eigenvalue weighted by molar-refractivity contribution is 6.47. The van der Waals surface area contributed by atoms with E-state index in [4.69, 9.17) is 11.6 Å². The largest absolute Gasteiger partial charge is 0.417 e. The number of alkyl halides is 3. The molecule has 0 radical (unpaired) electrons. The van der Waals surface area contributed by atoms with Gasteiger partial charge in [-0.05, 0) is 32.0 Å². The number of nitrogens with zero attached hydrogens (tertiary/aromatic N) is 2. The van der Waals surface area contributed by atoms with Gasteiger partial charge < -0.3 is 5.32 Å². The summed E-state index contributed by atoms with van der Waals surface area (Å²) in [6.45, 7) is 3.18. The van der Waals surface area contributed by atoms with Crippen LogP contribution in [0.2, 0.25) is 5.02 Å². The summed E-state index contributed by atoms with van der Waals surface area (Å²) in [5.74, 6) is -1.92. The lowest BCUT2D eigenvalue weighted by molar-refractivity contribution is -0.137. The highest BCUT2D eigenvalue weighted by Gasteiger charge is 2.33. The van der Waals surface area contributed by atoms with Crippen LogP contribution in [0.3, 0.4) is 0 Å². The molecule has 24 heavy (non-hydrogen) atoms. The van der Waals surface area contributed by atoms with Gasteiger partial charge >= 0.3 is 6.18 Å². The number of nitrogens with one attached hydrogen (secondary N) is 1. The van der Waals surface area contributed by atoms with Gasteiger partial charge in [0.2, 0.25) is 0 Å². The Bertz CT molecular complexity index is 828. The van der Waals surface area contributed by atoms with Crippen LogP contribution >= 0.6 is 11.6 Å². The van der Waals surface area contributed by atoms with Crippen LogP contribution in [0.5, 0.6) is 0 Å². The number of aryl methyl sites for hydroxylation is 2. The van der Waals surface area contributed by atoms with Gasteiger partial charge in [-0.2, -0.15) is 18.3 Å². The Hall–Kier alpha value is -2.35. The molecule has 0 unspecified atom stereocenters. The molecule has 128 valence electrons. The minimum Gasteiger partial charge on any atom is -0.319 e. The number of hydrogen-bond acceptors (Lipinski definition) is 3. The molecule has 0 saturated carbocycles. The van der Waals surface area contributed by atoms with Crippen LogP contribution in [0.25, 0.3) is 0 Å². The summed E-state index contributed by atoms with van der Waals surface area (Å²) in [7, 11) is 1.62. The highest BCUT2D eigenvalue weighted by Crippen LogP contribution is 2.36. The molecule has 0 saturated heterocycles.